The summed E-state index contributed by atoms with van der Waals surface area (Å²) in [4.78, 5) is 0. The average Bonchev–Trinajstić information content (AvgIpc) is 2.25. The quantitative estimate of drug-likeness (QED) is 0.513. The molecule has 0 aromatic heterocycles. The Labute approximate surface area is 95.4 Å². The van der Waals surface area contributed by atoms with Gasteiger partial charge in [-0.1, -0.05) is 31.9 Å². The molecule has 2 nitrogen and oxygen atoms in total. The zero-order valence-electron chi connectivity index (χ0n) is 10.1. The normalized spacial score (nSPS) is 20.1. The molecule has 1 radical (unpaired) electrons. The molecule has 1 unspecified atom stereocenters. The van der Waals surface area contributed by atoms with E-state index in [-0.39, 0.29) is 0 Å². The fraction of sp³-hybridized carbons (Fsp3) is 0.833. The second-order valence-electron chi connectivity index (χ2n) is 4.32. The first kappa shape index (κ1) is 12.9. The largest absolute Gasteiger partial charge is 0.414 e. The Bertz CT molecular complexity index is 188. The second-order valence-corrected chi connectivity index (χ2v) is 6.68. The maximum atomic E-state index is 5.90. The van der Waals surface area contributed by atoms with Gasteiger partial charge in [-0.3, -0.25) is 0 Å². The Morgan fingerprint density at radius 1 is 1.53 bits per heavy atom. The van der Waals surface area contributed by atoms with Crippen molar-refractivity contribution < 1.29 is 9.16 Å². The van der Waals surface area contributed by atoms with Crippen LogP contribution in [0, 0.1) is 0 Å². The van der Waals surface area contributed by atoms with Crippen LogP contribution in [0.2, 0.25) is 6.04 Å². The van der Waals surface area contributed by atoms with Crippen LogP contribution in [0.25, 0.3) is 0 Å². The molecule has 0 spiro atoms. The third kappa shape index (κ3) is 4.95. The summed E-state index contributed by atoms with van der Waals surface area (Å²) in [5.41, 5.74) is 1.48. The summed E-state index contributed by atoms with van der Waals surface area (Å²) in [6.07, 6.45) is 4.87. The van der Waals surface area contributed by atoms with Crippen molar-refractivity contribution in [2.24, 2.45) is 0 Å². The molecule has 0 aromatic carbocycles. The molecule has 1 aliphatic heterocycles. The Kier molecular flexibility index (Phi) is 6.21. The Morgan fingerprint density at radius 3 is 2.87 bits per heavy atom. The zero-order chi connectivity index (χ0) is 11.1. The predicted molar refractivity (Wildman–Crippen MR) is 65.2 cm³/mol. The van der Waals surface area contributed by atoms with Crippen LogP contribution in [0.15, 0.2) is 12.2 Å². The zero-order valence-corrected chi connectivity index (χ0v) is 11.1. The number of hydrogen-bond acceptors (Lipinski definition) is 2. The molecule has 3 heteroatoms. The van der Waals surface area contributed by atoms with Gasteiger partial charge in [0.25, 0.3) is 0 Å². The van der Waals surface area contributed by atoms with Crippen molar-refractivity contribution in [3.63, 3.8) is 0 Å². The molecule has 15 heavy (non-hydrogen) atoms. The molecule has 0 N–H and O–H groups in total. The molecule has 87 valence electrons. The molecule has 0 aliphatic carbocycles. The molecule has 0 saturated carbocycles. The van der Waals surface area contributed by atoms with Crippen LogP contribution in [0.5, 0.6) is 0 Å². The van der Waals surface area contributed by atoms with Gasteiger partial charge in [-0.05, 0) is 25.8 Å². The molecule has 0 bridgehead atoms. The second kappa shape index (κ2) is 7.20. The molecule has 1 fully saturated rings. The van der Waals surface area contributed by atoms with E-state index >= 15 is 0 Å². The lowest BCUT2D eigenvalue weighted by Gasteiger charge is -2.28. The van der Waals surface area contributed by atoms with E-state index in [9.17, 15) is 0 Å². The van der Waals surface area contributed by atoms with Gasteiger partial charge < -0.3 is 9.16 Å². The lowest BCUT2D eigenvalue weighted by molar-refractivity contribution is 0.0941. The summed E-state index contributed by atoms with van der Waals surface area (Å²) in [6.45, 7) is 9.75. The first-order valence-corrected chi connectivity index (χ1v) is 7.67. The standard InChI is InChI=1S/C12H23O2Si/c1-4-7-12(13-10-11(2)3)15-9-6-5-8-14-15/h12H,2,4-10H2,1,3H3. The SMILES string of the molecule is C=C(C)COC(CCC)[Si]1CCCCO1. The first-order valence-electron chi connectivity index (χ1n) is 5.98. The lowest BCUT2D eigenvalue weighted by Crippen LogP contribution is -2.39. The summed E-state index contributed by atoms with van der Waals surface area (Å²) >= 11 is 0. The highest BCUT2D eigenvalue weighted by Gasteiger charge is 2.27. The highest BCUT2D eigenvalue weighted by molar-refractivity contribution is 6.53. The van der Waals surface area contributed by atoms with Crippen LogP contribution in [0.4, 0.5) is 0 Å². The monoisotopic (exact) mass is 227 g/mol. The van der Waals surface area contributed by atoms with Gasteiger partial charge in [0.05, 0.1) is 12.3 Å². The molecule has 0 aromatic rings. The number of rotatable bonds is 6. The third-order valence-corrected chi connectivity index (χ3v) is 5.14. The first-order chi connectivity index (χ1) is 7.24. The van der Waals surface area contributed by atoms with E-state index in [1.807, 2.05) is 6.92 Å². The third-order valence-electron chi connectivity index (χ3n) is 2.55. The summed E-state index contributed by atoms with van der Waals surface area (Å²) in [6, 6.07) is 1.26. The van der Waals surface area contributed by atoms with Gasteiger partial charge >= 0.3 is 0 Å². The molecular formula is C12H23O2Si. The minimum absolute atomic E-state index is 0.372. The van der Waals surface area contributed by atoms with Gasteiger partial charge in [0.2, 0.25) is 9.04 Å². The lowest BCUT2D eigenvalue weighted by atomic mass is 10.3. The van der Waals surface area contributed by atoms with Crippen molar-refractivity contribution in [2.75, 3.05) is 13.2 Å². The number of ether oxygens (including phenoxy) is 1. The van der Waals surface area contributed by atoms with Gasteiger partial charge in [0.15, 0.2) is 0 Å². The van der Waals surface area contributed by atoms with Crippen molar-refractivity contribution in [3.05, 3.63) is 12.2 Å². The Hall–Kier alpha value is -0.123. The van der Waals surface area contributed by atoms with Crippen LogP contribution in [-0.4, -0.2) is 28.0 Å². The minimum atomic E-state index is -0.708. The van der Waals surface area contributed by atoms with Crippen molar-refractivity contribution in [2.45, 2.75) is 51.3 Å². The maximum Gasteiger partial charge on any atom is 0.241 e. The Morgan fingerprint density at radius 2 is 2.33 bits per heavy atom. The van der Waals surface area contributed by atoms with Crippen molar-refractivity contribution in [1.82, 2.24) is 0 Å². The molecule has 0 amide bonds. The molecular weight excluding hydrogens is 204 g/mol. The molecule has 1 aliphatic rings. The highest BCUT2D eigenvalue weighted by atomic mass is 28.3. The van der Waals surface area contributed by atoms with Gasteiger partial charge in [-0.15, -0.1) is 0 Å². The van der Waals surface area contributed by atoms with Crippen molar-refractivity contribution in [3.8, 4) is 0 Å². The molecule has 1 saturated heterocycles. The van der Waals surface area contributed by atoms with Crippen LogP contribution >= 0.6 is 0 Å². The van der Waals surface area contributed by atoms with E-state index < -0.39 is 9.04 Å². The summed E-state index contributed by atoms with van der Waals surface area (Å²) in [5.74, 6) is 0. The molecule has 1 rings (SSSR count). The molecule has 1 heterocycles. The van der Waals surface area contributed by atoms with Crippen LogP contribution in [-0.2, 0) is 9.16 Å². The van der Waals surface area contributed by atoms with Gasteiger partial charge in [-0.2, -0.15) is 0 Å². The Balaban J connectivity index is 2.36. The van der Waals surface area contributed by atoms with E-state index in [2.05, 4.69) is 13.5 Å². The van der Waals surface area contributed by atoms with E-state index in [1.54, 1.807) is 0 Å². The van der Waals surface area contributed by atoms with Gasteiger partial charge in [0.1, 0.15) is 0 Å². The van der Waals surface area contributed by atoms with E-state index in [0.717, 1.165) is 18.6 Å². The number of hydrogen-bond donors (Lipinski definition) is 0. The fourth-order valence-corrected chi connectivity index (χ4v) is 4.31. The van der Waals surface area contributed by atoms with Gasteiger partial charge in [-0.25, -0.2) is 0 Å². The predicted octanol–water partition coefficient (Wildman–Crippen LogP) is 3.09. The van der Waals surface area contributed by atoms with Crippen molar-refractivity contribution in [1.29, 1.82) is 0 Å². The average molecular weight is 227 g/mol. The van der Waals surface area contributed by atoms with E-state index in [0.29, 0.717) is 12.3 Å². The van der Waals surface area contributed by atoms with Crippen LogP contribution < -0.4 is 0 Å². The molecule has 1 atom stereocenters. The maximum absolute atomic E-state index is 5.90. The minimum Gasteiger partial charge on any atom is -0.414 e. The van der Waals surface area contributed by atoms with Crippen LogP contribution in [0.3, 0.4) is 0 Å². The summed E-state index contributed by atoms with van der Waals surface area (Å²) in [7, 11) is -0.708. The van der Waals surface area contributed by atoms with Crippen LogP contribution in [0.1, 0.15) is 39.5 Å². The van der Waals surface area contributed by atoms with E-state index in [1.165, 1.54) is 25.3 Å². The highest BCUT2D eigenvalue weighted by Crippen LogP contribution is 2.19. The fourth-order valence-electron chi connectivity index (χ4n) is 1.77. The summed E-state index contributed by atoms with van der Waals surface area (Å²) in [5, 5.41) is 0. The summed E-state index contributed by atoms with van der Waals surface area (Å²) < 4.78 is 11.8. The topological polar surface area (TPSA) is 18.5 Å². The van der Waals surface area contributed by atoms with E-state index in [4.69, 9.17) is 9.16 Å². The van der Waals surface area contributed by atoms with Gasteiger partial charge in [0, 0.05) is 6.61 Å². The smallest absolute Gasteiger partial charge is 0.241 e. The van der Waals surface area contributed by atoms with Crippen molar-refractivity contribution >= 4 is 9.04 Å².